The highest BCUT2D eigenvalue weighted by Gasteiger charge is 2.14. The van der Waals surface area contributed by atoms with Gasteiger partial charge in [-0.05, 0) is 43.2 Å². The van der Waals surface area contributed by atoms with E-state index >= 15 is 0 Å². The van der Waals surface area contributed by atoms with Crippen LogP contribution in [0.4, 0.5) is 0 Å². The smallest absolute Gasteiger partial charge is 0.238 e. The highest BCUT2D eigenvalue weighted by molar-refractivity contribution is 7.89. The molecule has 0 fully saturated rings. The number of furan rings is 1. The van der Waals surface area contributed by atoms with Crippen LogP contribution >= 0.6 is 0 Å². The number of aryl methyl sites for hydroxylation is 1. The molecule has 1 heterocycles. The molecule has 136 valence electrons. The van der Waals surface area contributed by atoms with Crippen LogP contribution in [-0.2, 0) is 21.2 Å². The van der Waals surface area contributed by atoms with Gasteiger partial charge in [0.2, 0.25) is 15.9 Å². The van der Waals surface area contributed by atoms with E-state index in [1.807, 2.05) is 32.0 Å². The molecule has 3 rings (SSSR count). The summed E-state index contributed by atoms with van der Waals surface area (Å²) in [5, 5.41) is 8.92. The van der Waals surface area contributed by atoms with E-state index < -0.39 is 10.0 Å². The average Bonchev–Trinajstić information content (AvgIpc) is 2.96. The summed E-state index contributed by atoms with van der Waals surface area (Å²) in [5.74, 6) is -0.142. The number of amides is 1. The minimum absolute atomic E-state index is 0.0416. The molecule has 0 radical (unpaired) electrons. The second-order valence-corrected chi connectivity index (χ2v) is 7.90. The fraction of sp³-hybridized carbons (Fsp3) is 0.211. The molecule has 1 aromatic heterocycles. The maximum absolute atomic E-state index is 12.4. The van der Waals surface area contributed by atoms with E-state index in [-0.39, 0.29) is 23.3 Å². The third-order valence-corrected chi connectivity index (χ3v) is 5.18. The van der Waals surface area contributed by atoms with Gasteiger partial charge in [-0.15, -0.1) is 0 Å². The van der Waals surface area contributed by atoms with Crippen molar-refractivity contribution in [2.24, 2.45) is 5.14 Å². The van der Waals surface area contributed by atoms with Crippen molar-refractivity contribution in [3.05, 3.63) is 65.4 Å². The van der Waals surface area contributed by atoms with Crippen molar-refractivity contribution in [1.82, 2.24) is 5.32 Å². The Kier molecular flexibility index (Phi) is 4.84. The van der Waals surface area contributed by atoms with Gasteiger partial charge in [-0.3, -0.25) is 4.79 Å². The van der Waals surface area contributed by atoms with Gasteiger partial charge in [0.05, 0.1) is 23.6 Å². The molecular formula is C19H20N2O4S. The Morgan fingerprint density at radius 2 is 1.88 bits per heavy atom. The molecule has 0 aliphatic rings. The standard InChI is InChI=1S/C19H20N2O4S/c1-12-3-8-17-15(11-25-18(17)9-12)10-19(22)21-13(2)14-4-6-16(7-5-14)26(20,23)24/h3-9,11,13H,10H2,1-2H3,(H,21,22)(H2,20,23,24). The maximum Gasteiger partial charge on any atom is 0.238 e. The van der Waals surface area contributed by atoms with E-state index in [1.54, 1.807) is 18.4 Å². The Hall–Kier alpha value is -2.64. The molecular weight excluding hydrogens is 352 g/mol. The van der Waals surface area contributed by atoms with Crippen LogP contribution in [0.15, 0.2) is 58.0 Å². The molecule has 0 saturated heterocycles. The minimum Gasteiger partial charge on any atom is -0.464 e. The van der Waals surface area contributed by atoms with E-state index in [9.17, 15) is 13.2 Å². The molecule has 0 bridgehead atoms. The lowest BCUT2D eigenvalue weighted by Gasteiger charge is -2.14. The maximum atomic E-state index is 12.4. The summed E-state index contributed by atoms with van der Waals surface area (Å²) in [6, 6.07) is 11.7. The highest BCUT2D eigenvalue weighted by Crippen LogP contribution is 2.23. The van der Waals surface area contributed by atoms with E-state index in [2.05, 4.69) is 5.32 Å². The summed E-state index contributed by atoms with van der Waals surface area (Å²) in [6.45, 7) is 3.82. The number of nitrogens with two attached hydrogens (primary N) is 1. The lowest BCUT2D eigenvalue weighted by Crippen LogP contribution is -2.28. The predicted molar refractivity (Wildman–Crippen MR) is 99.0 cm³/mol. The van der Waals surface area contributed by atoms with Gasteiger partial charge in [0.25, 0.3) is 0 Å². The topological polar surface area (TPSA) is 102 Å². The second-order valence-electron chi connectivity index (χ2n) is 6.34. The number of hydrogen-bond acceptors (Lipinski definition) is 4. The number of nitrogens with one attached hydrogen (secondary N) is 1. The lowest BCUT2D eigenvalue weighted by atomic mass is 10.1. The van der Waals surface area contributed by atoms with Crippen LogP contribution in [0.3, 0.4) is 0 Å². The van der Waals surface area contributed by atoms with Gasteiger partial charge in [0.15, 0.2) is 0 Å². The molecule has 26 heavy (non-hydrogen) atoms. The summed E-state index contributed by atoms with van der Waals surface area (Å²) in [6.07, 6.45) is 1.81. The van der Waals surface area contributed by atoms with Crippen molar-refractivity contribution >= 4 is 26.9 Å². The minimum atomic E-state index is -3.72. The molecule has 7 heteroatoms. The molecule has 3 N–H and O–H groups in total. The first-order valence-electron chi connectivity index (χ1n) is 8.13. The third-order valence-electron chi connectivity index (χ3n) is 4.25. The van der Waals surface area contributed by atoms with Crippen molar-refractivity contribution in [2.75, 3.05) is 0 Å². The number of sulfonamides is 1. The fourth-order valence-electron chi connectivity index (χ4n) is 2.82. The molecule has 0 saturated carbocycles. The first-order valence-corrected chi connectivity index (χ1v) is 9.67. The molecule has 0 aliphatic carbocycles. The zero-order chi connectivity index (χ0) is 18.9. The van der Waals surface area contributed by atoms with Gasteiger partial charge in [0, 0.05) is 10.9 Å². The highest BCUT2D eigenvalue weighted by atomic mass is 32.2. The lowest BCUT2D eigenvalue weighted by molar-refractivity contribution is -0.121. The first kappa shape index (κ1) is 18.2. The number of primary sulfonamides is 1. The van der Waals surface area contributed by atoms with E-state index in [0.717, 1.165) is 27.7 Å². The molecule has 3 aromatic rings. The van der Waals surface area contributed by atoms with Gasteiger partial charge in [-0.2, -0.15) is 0 Å². The van der Waals surface area contributed by atoms with Gasteiger partial charge in [-0.25, -0.2) is 13.6 Å². The van der Waals surface area contributed by atoms with Crippen LogP contribution in [0, 0.1) is 6.92 Å². The molecule has 1 amide bonds. The summed E-state index contributed by atoms with van der Waals surface area (Å²) in [5.41, 5.74) is 3.48. The molecule has 1 unspecified atom stereocenters. The van der Waals surface area contributed by atoms with Crippen LogP contribution in [0.2, 0.25) is 0 Å². The Labute approximate surface area is 152 Å². The summed E-state index contributed by atoms with van der Waals surface area (Å²) >= 11 is 0. The first-order chi connectivity index (χ1) is 12.2. The number of hydrogen-bond donors (Lipinski definition) is 2. The SMILES string of the molecule is Cc1ccc2c(CC(=O)NC(C)c3ccc(S(N)(=O)=O)cc3)coc2c1. The molecule has 2 aromatic carbocycles. The van der Waals surface area contributed by atoms with Crippen LogP contribution in [0.25, 0.3) is 11.0 Å². The Balaban J connectivity index is 1.69. The normalized spacial score (nSPS) is 12.9. The van der Waals surface area contributed by atoms with Crippen molar-refractivity contribution in [3.63, 3.8) is 0 Å². The van der Waals surface area contributed by atoms with Gasteiger partial charge in [-0.1, -0.05) is 24.3 Å². The van der Waals surface area contributed by atoms with Gasteiger partial charge in [0.1, 0.15) is 5.58 Å². The molecule has 0 spiro atoms. The van der Waals surface area contributed by atoms with Crippen molar-refractivity contribution in [2.45, 2.75) is 31.2 Å². The second kappa shape index (κ2) is 6.93. The number of fused-ring (bicyclic) bond motifs is 1. The van der Waals surface area contributed by atoms with Gasteiger partial charge >= 0.3 is 0 Å². The third kappa shape index (κ3) is 3.95. The van der Waals surface area contributed by atoms with E-state index in [4.69, 9.17) is 9.56 Å². The molecule has 6 nitrogen and oxygen atoms in total. The van der Waals surface area contributed by atoms with Crippen LogP contribution in [-0.4, -0.2) is 14.3 Å². The van der Waals surface area contributed by atoms with Crippen LogP contribution in [0.5, 0.6) is 0 Å². The van der Waals surface area contributed by atoms with E-state index in [0.29, 0.717) is 0 Å². The zero-order valence-electron chi connectivity index (χ0n) is 14.5. The summed E-state index contributed by atoms with van der Waals surface area (Å²) in [4.78, 5) is 12.4. The quantitative estimate of drug-likeness (QED) is 0.719. The predicted octanol–water partition coefficient (Wildman–Crippen LogP) is 2.81. The molecule has 0 aliphatic heterocycles. The number of carbonyl (C=O) groups excluding carboxylic acids is 1. The number of benzene rings is 2. The summed E-state index contributed by atoms with van der Waals surface area (Å²) < 4.78 is 28.1. The van der Waals surface area contributed by atoms with E-state index in [1.165, 1.54) is 12.1 Å². The fourth-order valence-corrected chi connectivity index (χ4v) is 3.34. The van der Waals surface area contributed by atoms with Crippen LogP contribution in [0.1, 0.15) is 29.7 Å². The number of carbonyl (C=O) groups is 1. The monoisotopic (exact) mass is 372 g/mol. The Morgan fingerprint density at radius 1 is 1.19 bits per heavy atom. The molecule has 1 atom stereocenters. The number of rotatable bonds is 5. The van der Waals surface area contributed by atoms with Crippen molar-refractivity contribution in [1.29, 1.82) is 0 Å². The Bertz CT molecular complexity index is 1050. The van der Waals surface area contributed by atoms with Crippen LogP contribution < -0.4 is 10.5 Å². The zero-order valence-corrected chi connectivity index (χ0v) is 15.3. The van der Waals surface area contributed by atoms with Crippen molar-refractivity contribution < 1.29 is 17.6 Å². The Morgan fingerprint density at radius 3 is 2.54 bits per heavy atom. The average molecular weight is 372 g/mol. The van der Waals surface area contributed by atoms with Gasteiger partial charge < -0.3 is 9.73 Å². The summed E-state index contributed by atoms with van der Waals surface area (Å²) in [7, 11) is -3.72. The van der Waals surface area contributed by atoms with Crippen molar-refractivity contribution in [3.8, 4) is 0 Å². The largest absolute Gasteiger partial charge is 0.464 e.